The first-order valence-electron chi connectivity index (χ1n) is 6.62. The highest BCUT2D eigenvalue weighted by Gasteiger charge is 2.08. The van der Waals surface area contributed by atoms with Crippen LogP contribution in [0.2, 0.25) is 0 Å². The Morgan fingerprint density at radius 1 is 1.10 bits per heavy atom. The lowest BCUT2D eigenvalue weighted by Crippen LogP contribution is -2.13. The molecule has 2 heterocycles. The highest BCUT2D eigenvalue weighted by molar-refractivity contribution is 5.91. The molecule has 0 aliphatic carbocycles. The molecular weight excluding hydrogens is 264 g/mol. The number of rotatable bonds is 3. The Morgan fingerprint density at radius 2 is 1.95 bits per heavy atom. The van der Waals surface area contributed by atoms with E-state index in [2.05, 4.69) is 25.3 Å². The van der Waals surface area contributed by atoms with Gasteiger partial charge in [-0.1, -0.05) is 6.07 Å². The topological polar surface area (TPSA) is 66.8 Å². The molecule has 0 saturated carbocycles. The third kappa shape index (κ3) is 2.60. The van der Waals surface area contributed by atoms with Crippen LogP contribution >= 0.6 is 0 Å². The van der Waals surface area contributed by atoms with Crippen LogP contribution in [0.4, 0.5) is 17.5 Å². The van der Waals surface area contributed by atoms with Gasteiger partial charge in [-0.3, -0.25) is 0 Å². The van der Waals surface area contributed by atoms with Crippen LogP contribution in [-0.2, 0) is 0 Å². The van der Waals surface area contributed by atoms with Gasteiger partial charge in [0.15, 0.2) is 0 Å². The van der Waals surface area contributed by atoms with E-state index >= 15 is 0 Å². The van der Waals surface area contributed by atoms with Gasteiger partial charge in [-0.05, 0) is 19.1 Å². The molecule has 0 unspecified atom stereocenters. The zero-order valence-electron chi connectivity index (χ0n) is 12.2. The standard InChI is InChI=1S/C15H16N6/c1-10-7-17-15(20-14(10)21(2)3)19-13-6-4-5-12-11(13)8-16-9-18-12/h4-9H,1-3H3,(H,17,19,20). The van der Waals surface area contributed by atoms with Crippen molar-refractivity contribution in [2.45, 2.75) is 6.92 Å². The molecule has 3 aromatic rings. The van der Waals surface area contributed by atoms with Gasteiger partial charge < -0.3 is 10.2 Å². The molecule has 0 amide bonds. The second kappa shape index (κ2) is 5.32. The molecule has 1 N–H and O–H groups in total. The van der Waals surface area contributed by atoms with Crippen LogP contribution in [0.5, 0.6) is 0 Å². The van der Waals surface area contributed by atoms with Gasteiger partial charge in [-0.25, -0.2) is 15.0 Å². The normalized spacial score (nSPS) is 10.6. The molecule has 6 nitrogen and oxygen atoms in total. The number of fused-ring (bicyclic) bond motifs is 1. The highest BCUT2D eigenvalue weighted by Crippen LogP contribution is 2.24. The molecule has 0 radical (unpaired) electrons. The van der Waals surface area contributed by atoms with Gasteiger partial charge in [0.25, 0.3) is 0 Å². The van der Waals surface area contributed by atoms with Crippen LogP contribution in [-0.4, -0.2) is 34.0 Å². The van der Waals surface area contributed by atoms with E-state index in [0.29, 0.717) is 5.95 Å². The van der Waals surface area contributed by atoms with Gasteiger partial charge in [0.05, 0.1) is 11.2 Å². The summed E-state index contributed by atoms with van der Waals surface area (Å²) in [5, 5.41) is 4.18. The van der Waals surface area contributed by atoms with Crippen molar-refractivity contribution in [3.63, 3.8) is 0 Å². The summed E-state index contributed by atoms with van der Waals surface area (Å²) >= 11 is 0. The second-order valence-electron chi connectivity index (χ2n) is 4.98. The molecule has 2 aromatic heterocycles. The molecule has 0 atom stereocenters. The van der Waals surface area contributed by atoms with Crippen molar-refractivity contribution in [3.8, 4) is 0 Å². The third-order valence-corrected chi connectivity index (χ3v) is 3.17. The number of aryl methyl sites for hydroxylation is 1. The quantitative estimate of drug-likeness (QED) is 0.795. The van der Waals surface area contributed by atoms with Crippen LogP contribution in [0.3, 0.4) is 0 Å². The smallest absolute Gasteiger partial charge is 0.229 e. The SMILES string of the molecule is Cc1cnc(Nc2cccc3ncncc23)nc1N(C)C. The van der Waals surface area contributed by atoms with Crippen molar-refractivity contribution >= 4 is 28.4 Å². The molecule has 21 heavy (non-hydrogen) atoms. The molecule has 6 heteroatoms. The molecule has 3 rings (SSSR count). The van der Waals surface area contributed by atoms with Crippen LogP contribution < -0.4 is 10.2 Å². The van der Waals surface area contributed by atoms with E-state index in [4.69, 9.17) is 0 Å². The van der Waals surface area contributed by atoms with E-state index in [1.54, 1.807) is 12.5 Å². The fourth-order valence-corrected chi connectivity index (χ4v) is 2.18. The molecule has 0 spiro atoms. The van der Waals surface area contributed by atoms with Gasteiger partial charge in [-0.15, -0.1) is 0 Å². The summed E-state index contributed by atoms with van der Waals surface area (Å²) in [6, 6.07) is 5.85. The fraction of sp³-hybridized carbons (Fsp3) is 0.200. The predicted molar refractivity (Wildman–Crippen MR) is 83.9 cm³/mol. The number of anilines is 3. The minimum absolute atomic E-state index is 0.556. The predicted octanol–water partition coefficient (Wildman–Crippen LogP) is 2.54. The first-order valence-corrected chi connectivity index (χ1v) is 6.62. The molecule has 0 bridgehead atoms. The van der Waals surface area contributed by atoms with Crippen LogP contribution in [0.1, 0.15) is 5.56 Å². The minimum Gasteiger partial charge on any atom is -0.362 e. The minimum atomic E-state index is 0.556. The Hall–Kier alpha value is -2.76. The van der Waals surface area contributed by atoms with E-state index in [-0.39, 0.29) is 0 Å². The molecule has 1 aromatic carbocycles. The Kier molecular flexibility index (Phi) is 3.35. The lowest BCUT2D eigenvalue weighted by Gasteiger charge is -2.15. The maximum Gasteiger partial charge on any atom is 0.229 e. The molecule has 106 valence electrons. The summed E-state index contributed by atoms with van der Waals surface area (Å²) in [6.07, 6.45) is 5.14. The Morgan fingerprint density at radius 3 is 2.76 bits per heavy atom. The van der Waals surface area contributed by atoms with Crippen LogP contribution in [0.15, 0.2) is 36.9 Å². The van der Waals surface area contributed by atoms with Crippen molar-refractivity contribution < 1.29 is 0 Å². The summed E-state index contributed by atoms with van der Waals surface area (Å²) < 4.78 is 0. The van der Waals surface area contributed by atoms with Gasteiger partial charge in [0.2, 0.25) is 5.95 Å². The summed E-state index contributed by atoms with van der Waals surface area (Å²) in [4.78, 5) is 19.2. The van der Waals surface area contributed by atoms with E-state index < -0.39 is 0 Å². The van der Waals surface area contributed by atoms with Crippen molar-refractivity contribution in [1.82, 2.24) is 19.9 Å². The maximum absolute atomic E-state index is 4.54. The van der Waals surface area contributed by atoms with Gasteiger partial charge in [0.1, 0.15) is 12.1 Å². The molecule has 0 aliphatic rings. The summed E-state index contributed by atoms with van der Waals surface area (Å²) in [7, 11) is 3.93. The van der Waals surface area contributed by atoms with Crippen molar-refractivity contribution in [2.24, 2.45) is 0 Å². The number of aromatic nitrogens is 4. The van der Waals surface area contributed by atoms with Crippen LogP contribution in [0, 0.1) is 6.92 Å². The van der Waals surface area contributed by atoms with Gasteiger partial charge >= 0.3 is 0 Å². The van der Waals surface area contributed by atoms with Crippen molar-refractivity contribution in [1.29, 1.82) is 0 Å². The summed E-state index contributed by atoms with van der Waals surface area (Å²) in [5.74, 6) is 1.45. The number of nitrogens with one attached hydrogen (secondary N) is 1. The number of benzene rings is 1. The van der Waals surface area contributed by atoms with Gasteiger partial charge in [-0.2, -0.15) is 4.98 Å². The molecule has 0 fully saturated rings. The Balaban J connectivity index is 2.01. The van der Waals surface area contributed by atoms with E-state index in [0.717, 1.165) is 28.0 Å². The zero-order valence-corrected chi connectivity index (χ0v) is 12.2. The second-order valence-corrected chi connectivity index (χ2v) is 4.98. The first kappa shape index (κ1) is 13.2. The lowest BCUT2D eigenvalue weighted by atomic mass is 10.2. The van der Waals surface area contributed by atoms with Crippen LogP contribution in [0.25, 0.3) is 10.9 Å². The van der Waals surface area contributed by atoms with Crippen molar-refractivity contribution in [3.05, 3.63) is 42.5 Å². The first-order chi connectivity index (χ1) is 10.1. The van der Waals surface area contributed by atoms with E-state index in [1.165, 1.54) is 0 Å². The van der Waals surface area contributed by atoms with E-state index in [1.807, 2.05) is 50.3 Å². The summed E-state index contributed by atoms with van der Waals surface area (Å²) in [5.41, 5.74) is 2.81. The van der Waals surface area contributed by atoms with Crippen molar-refractivity contribution in [2.75, 3.05) is 24.3 Å². The third-order valence-electron chi connectivity index (χ3n) is 3.17. The fourth-order valence-electron chi connectivity index (χ4n) is 2.18. The molecular formula is C15H16N6. The number of nitrogens with zero attached hydrogens (tertiary/aromatic N) is 5. The maximum atomic E-state index is 4.54. The largest absolute Gasteiger partial charge is 0.362 e. The molecule has 0 saturated heterocycles. The van der Waals surface area contributed by atoms with Gasteiger partial charge in [0, 0.05) is 37.4 Å². The number of hydrogen-bond acceptors (Lipinski definition) is 6. The molecule has 0 aliphatic heterocycles. The lowest BCUT2D eigenvalue weighted by molar-refractivity contribution is 1.02. The Labute approximate surface area is 122 Å². The Bertz CT molecular complexity index is 779. The monoisotopic (exact) mass is 280 g/mol. The highest BCUT2D eigenvalue weighted by atomic mass is 15.2. The average Bonchev–Trinajstić information content (AvgIpc) is 2.49. The number of hydrogen-bond donors (Lipinski definition) is 1. The average molecular weight is 280 g/mol. The zero-order chi connectivity index (χ0) is 14.8. The van der Waals surface area contributed by atoms with E-state index in [9.17, 15) is 0 Å². The summed E-state index contributed by atoms with van der Waals surface area (Å²) in [6.45, 7) is 1.99.